The van der Waals surface area contributed by atoms with Crippen molar-refractivity contribution in [3.63, 3.8) is 0 Å². The molecule has 1 atom stereocenters. The van der Waals surface area contributed by atoms with E-state index in [-0.39, 0.29) is 11.9 Å². The van der Waals surface area contributed by atoms with Gasteiger partial charge in [0.2, 0.25) is 5.91 Å². The monoisotopic (exact) mass is 440 g/mol. The van der Waals surface area contributed by atoms with E-state index in [0.29, 0.717) is 11.3 Å². The Morgan fingerprint density at radius 1 is 1.00 bits per heavy atom. The molecular formula is C26H33FN2O3. The number of carbonyl (C=O) groups excluding carboxylic acids is 1. The molecule has 0 fully saturated rings. The number of anilines is 1. The number of amides is 1. The largest absolute Gasteiger partial charge is 0.480 e. The van der Waals surface area contributed by atoms with Gasteiger partial charge in [-0.3, -0.25) is 9.59 Å². The van der Waals surface area contributed by atoms with Gasteiger partial charge in [0.15, 0.2) is 0 Å². The van der Waals surface area contributed by atoms with Gasteiger partial charge in [-0.1, -0.05) is 6.07 Å². The van der Waals surface area contributed by atoms with Crippen molar-refractivity contribution in [2.24, 2.45) is 0 Å². The molecular weight excluding hydrogens is 407 g/mol. The average Bonchev–Trinajstić information content (AvgIpc) is 2.71. The van der Waals surface area contributed by atoms with Gasteiger partial charge in [0.05, 0.1) is 5.69 Å². The molecule has 0 spiro atoms. The summed E-state index contributed by atoms with van der Waals surface area (Å²) in [5, 5.41) is 14.6. The van der Waals surface area contributed by atoms with E-state index >= 15 is 0 Å². The van der Waals surface area contributed by atoms with Gasteiger partial charge >= 0.3 is 5.97 Å². The van der Waals surface area contributed by atoms with Gasteiger partial charge < -0.3 is 15.7 Å². The second kappa shape index (κ2) is 9.98. The summed E-state index contributed by atoms with van der Waals surface area (Å²) >= 11 is 0. The number of halogens is 1. The normalized spacial score (nSPS) is 12.6. The lowest BCUT2D eigenvalue weighted by molar-refractivity contribution is -0.140. The number of hydrogen-bond donors (Lipinski definition) is 3. The maximum absolute atomic E-state index is 14.7. The molecule has 2 aromatic carbocycles. The van der Waals surface area contributed by atoms with E-state index in [1.54, 1.807) is 25.1 Å². The lowest BCUT2D eigenvalue weighted by Crippen LogP contribution is -2.38. The van der Waals surface area contributed by atoms with Crippen LogP contribution < -0.4 is 10.6 Å². The number of carboxylic acids is 1. The van der Waals surface area contributed by atoms with Crippen LogP contribution in [0.5, 0.6) is 0 Å². The zero-order valence-corrected chi connectivity index (χ0v) is 20.1. The molecule has 6 heteroatoms. The molecule has 0 aliphatic rings. The van der Waals surface area contributed by atoms with Crippen LogP contribution in [0, 0.1) is 33.5 Å². The molecule has 3 N–H and O–H groups in total. The van der Waals surface area contributed by atoms with Crippen LogP contribution in [-0.4, -0.2) is 29.1 Å². The Kier molecular flexibility index (Phi) is 7.83. The third-order valence-electron chi connectivity index (χ3n) is 5.82. The van der Waals surface area contributed by atoms with Crippen LogP contribution in [0.1, 0.15) is 55.5 Å². The Labute approximate surface area is 189 Å². The first-order valence-electron chi connectivity index (χ1n) is 10.7. The zero-order valence-electron chi connectivity index (χ0n) is 20.1. The van der Waals surface area contributed by atoms with Crippen molar-refractivity contribution in [3.05, 3.63) is 57.4 Å². The standard InChI is InChI=1S/C26H33FN2O3/c1-13(2)28-23-10-9-20(12-22(23)27)24-17(6)15(4)21(16(5)18(24)7)11-14(3)25(30)29-19(8)26(31)32/h9-13,19,28H,1-8H3,(H,29,30)(H,31,32)/t19-/m1/s1. The maximum Gasteiger partial charge on any atom is 0.325 e. The molecule has 5 nitrogen and oxygen atoms in total. The Morgan fingerprint density at radius 3 is 2.03 bits per heavy atom. The number of hydrogen-bond acceptors (Lipinski definition) is 3. The third kappa shape index (κ3) is 5.36. The van der Waals surface area contributed by atoms with Crippen LogP contribution >= 0.6 is 0 Å². The maximum atomic E-state index is 14.7. The summed E-state index contributed by atoms with van der Waals surface area (Å²) in [5.41, 5.74) is 7.60. The molecule has 0 unspecified atom stereocenters. The van der Waals surface area contributed by atoms with Crippen molar-refractivity contribution in [1.29, 1.82) is 0 Å². The van der Waals surface area contributed by atoms with Gasteiger partial charge in [-0.15, -0.1) is 0 Å². The van der Waals surface area contributed by atoms with Gasteiger partial charge in [0, 0.05) is 11.6 Å². The molecule has 32 heavy (non-hydrogen) atoms. The van der Waals surface area contributed by atoms with Crippen molar-refractivity contribution < 1.29 is 19.1 Å². The van der Waals surface area contributed by atoms with Crippen molar-refractivity contribution in [1.82, 2.24) is 5.32 Å². The van der Waals surface area contributed by atoms with Crippen LogP contribution in [0.3, 0.4) is 0 Å². The first-order chi connectivity index (χ1) is 14.8. The average molecular weight is 441 g/mol. The molecule has 0 bridgehead atoms. The Hall–Kier alpha value is -3.15. The number of aliphatic carboxylic acids is 1. The van der Waals surface area contributed by atoms with E-state index in [2.05, 4.69) is 10.6 Å². The van der Waals surface area contributed by atoms with Gasteiger partial charge in [-0.2, -0.15) is 0 Å². The highest BCUT2D eigenvalue weighted by molar-refractivity contribution is 5.99. The van der Waals surface area contributed by atoms with Crippen molar-refractivity contribution in [3.8, 4) is 11.1 Å². The fourth-order valence-electron chi connectivity index (χ4n) is 3.74. The second-order valence-electron chi connectivity index (χ2n) is 8.64. The molecule has 0 saturated heterocycles. The predicted molar refractivity (Wildman–Crippen MR) is 128 cm³/mol. The van der Waals surface area contributed by atoms with Crippen molar-refractivity contribution in [2.75, 3.05) is 5.32 Å². The van der Waals surface area contributed by atoms with Gasteiger partial charge in [0.25, 0.3) is 0 Å². The van der Waals surface area contributed by atoms with E-state index < -0.39 is 17.9 Å². The second-order valence-corrected chi connectivity index (χ2v) is 8.64. The smallest absolute Gasteiger partial charge is 0.325 e. The molecule has 0 heterocycles. The summed E-state index contributed by atoms with van der Waals surface area (Å²) in [7, 11) is 0. The van der Waals surface area contributed by atoms with Crippen LogP contribution in [0.2, 0.25) is 0 Å². The third-order valence-corrected chi connectivity index (χ3v) is 5.82. The number of carboxylic acid groups (broad SMARTS) is 1. The van der Waals surface area contributed by atoms with Crippen LogP contribution in [-0.2, 0) is 9.59 Å². The fourth-order valence-corrected chi connectivity index (χ4v) is 3.74. The number of nitrogens with one attached hydrogen (secondary N) is 2. The molecule has 2 rings (SSSR count). The number of benzene rings is 2. The van der Waals surface area contributed by atoms with Gasteiger partial charge in [-0.25, -0.2) is 4.39 Å². The molecule has 0 aliphatic heterocycles. The fraction of sp³-hybridized carbons (Fsp3) is 0.385. The molecule has 0 saturated carbocycles. The van der Waals surface area contributed by atoms with E-state index in [1.807, 2.05) is 47.6 Å². The molecule has 2 aromatic rings. The minimum atomic E-state index is -1.09. The highest BCUT2D eigenvalue weighted by Crippen LogP contribution is 2.36. The number of carbonyl (C=O) groups is 2. The molecule has 172 valence electrons. The predicted octanol–water partition coefficient (Wildman–Crippen LogP) is 5.54. The topological polar surface area (TPSA) is 78.4 Å². The SMILES string of the molecule is CC(=Cc1c(C)c(C)c(-c2ccc(NC(C)C)c(F)c2)c(C)c1C)C(=O)N[C@H](C)C(=O)O. The van der Waals surface area contributed by atoms with E-state index in [9.17, 15) is 14.0 Å². The summed E-state index contributed by atoms with van der Waals surface area (Å²) < 4.78 is 14.7. The highest BCUT2D eigenvalue weighted by atomic mass is 19.1. The van der Waals surface area contributed by atoms with Crippen molar-refractivity contribution in [2.45, 2.75) is 67.5 Å². The molecule has 0 aromatic heterocycles. The van der Waals surface area contributed by atoms with Crippen LogP contribution in [0.4, 0.5) is 10.1 Å². The van der Waals surface area contributed by atoms with Gasteiger partial charge in [-0.05, 0) is 113 Å². The summed E-state index contributed by atoms with van der Waals surface area (Å²) in [4.78, 5) is 23.4. The summed E-state index contributed by atoms with van der Waals surface area (Å²) in [5.74, 6) is -1.81. The lowest BCUT2D eigenvalue weighted by Gasteiger charge is -2.21. The van der Waals surface area contributed by atoms with Crippen LogP contribution in [0.15, 0.2) is 23.8 Å². The Bertz CT molecular complexity index is 1060. The van der Waals surface area contributed by atoms with E-state index in [1.165, 1.54) is 6.92 Å². The van der Waals surface area contributed by atoms with E-state index in [4.69, 9.17) is 5.11 Å². The van der Waals surface area contributed by atoms with Crippen molar-refractivity contribution >= 4 is 23.6 Å². The van der Waals surface area contributed by atoms with Gasteiger partial charge in [0.1, 0.15) is 11.9 Å². The molecule has 0 aliphatic carbocycles. The quantitative estimate of drug-likeness (QED) is 0.494. The first kappa shape index (κ1) is 25.1. The lowest BCUT2D eigenvalue weighted by atomic mass is 9.85. The molecule has 1 amide bonds. The molecule has 0 radical (unpaired) electrons. The zero-order chi connectivity index (χ0) is 24.3. The van der Waals surface area contributed by atoms with E-state index in [0.717, 1.165) is 38.9 Å². The van der Waals surface area contributed by atoms with Crippen LogP contribution in [0.25, 0.3) is 17.2 Å². The summed E-state index contributed by atoms with van der Waals surface area (Å²) in [6.07, 6.45) is 1.79. The highest BCUT2D eigenvalue weighted by Gasteiger charge is 2.19. The minimum absolute atomic E-state index is 0.133. The first-order valence-corrected chi connectivity index (χ1v) is 10.7. The number of rotatable bonds is 7. The minimum Gasteiger partial charge on any atom is -0.480 e. The Balaban J connectivity index is 2.52. The summed E-state index contributed by atoms with van der Waals surface area (Å²) in [6.45, 7) is 15.0. The summed E-state index contributed by atoms with van der Waals surface area (Å²) in [6, 6.07) is 4.40. The Morgan fingerprint density at radius 2 is 1.56 bits per heavy atom.